The Morgan fingerprint density at radius 3 is 2.80 bits per heavy atom. The van der Waals surface area contributed by atoms with E-state index >= 15 is 0 Å². The summed E-state index contributed by atoms with van der Waals surface area (Å²) in [5.41, 5.74) is 0.445. The number of halogens is 2. The van der Waals surface area contributed by atoms with Crippen molar-refractivity contribution >= 4 is 5.71 Å². The van der Waals surface area contributed by atoms with E-state index in [0.29, 0.717) is 0 Å². The number of para-hydroxylation sites is 1. The summed E-state index contributed by atoms with van der Waals surface area (Å²) in [5.74, 6) is -0.182. The molecular weight excluding hydrogens is 208 g/mol. The summed E-state index contributed by atoms with van der Waals surface area (Å²) in [4.78, 5) is 0. The largest absolute Gasteiger partial charge is 0.586 e. The summed E-state index contributed by atoms with van der Waals surface area (Å²) in [6.07, 6.45) is -3.66. The van der Waals surface area contributed by atoms with Crippen LogP contribution in [0.3, 0.4) is 0 Å². The van der Waals surface area contributed by atoms with E-state index < -0.39 is 6.29 Å². The maximum atomic E-state index is 12.7. The van der Waals surface area contributed by atoms with Crippen LogP contribution in [0.5, 0.6) is 11.5 Å². The van der Waals surface area contributed by atoms with Crippen LogP contribution in [0.25, 0.3) is 0 Å². The molecule has 1 aliphatic heterocycles. The second-order valence-electron chi connectivity index (χ2n) is 2.99. The van der Waals surface area contributed by atoms with Gasteiger partial charge in [-0.1, -0.05) is 11.2 Å². The van der Waals surface area contributed by atoms with Crippen molar-refractivity contribution in [3.63, 3.8) is 0 Å². The molecule has 6 heteroatoms. The van der Waals surface area contributed by atoms with Crippen LogP contribution >= 0.6 is 0 Å². The molecule has 1 aromatic carbocycles. The lowest BCUT2D eigenvalue weighted by atomic mass is 10.1. The van der Waals surface area contributed by atoms with Gasteiger partial charge in [0.15, 0.2) is 11.5 Å². The molecule has 0 saturated carbocycles. The summed E-state index contributed by atoms with van der Waals surface area (Å²) in [6, 6.07) is 4.36. The van der Waals surface area contributed by atoms with Crippen molar-refractivity contribution in [2.45, 2.75) is 13.2 Å². The fraction of sp³-hybridized carbons (Fsp3) is 0.222. The summed E-state index contributed by atoms with van der Waals surface area (Å²) in [7, 11) is 0. The van der Waals surface area contributed by atoms with Gasteiger partial charge in [-0.05, 0) is 19.1 Å². The predicted molar refractivity (Wildman–Crippen MR) is 46.6 cm³/mol. The second kappa shape index (κ2) is 3.08. The molecule has 1 N–H and O–H groups in total. The van der Waals surface area contributed by atoms with Crippen LogP contribution in [0.1, 0.15) is 12.5 Å². The Labute approximate surface area is 83.7 Å². The smallest absolute Gasteiger partial charge is 0.411 e. The van der Waals surface area contributed by atoms with Crippen molar-refractivity contribution in [2.75, 3.05) is 0 Å². The molecule has 0 fully saturated rings. The molecule has 1 aromatic rings. The Morgan fingerprint density at radius 2 is 2.13 bits per heavy atom. The van der Waals surface area contributed by atoms with Crippen LogP contribution in [-0.2, 0) is 0 Å². The lowest BCUT2D eigenvalue weighted by Crippen LogP contribution is -2.26. The molecule has 15 heavy (non-hydrogen) atoms. The van der Waals surface area contributed by atoms with Crippen molar-refractivity contribution in [2.24, 2.45) is 5.16 Å². The maximum Gasteiger partial charge on any atom is 0.586 e. The minimum Gasteiger partial charge on any atom is -0.411 e. The quantitative estimate of drug-likeness (QED) is 0.444. The zero-order chi connectivity index (χ0) is 11.1. The van der Waals surface area contributed by atoms with E-state index in [1.807, 2.05) is 0 Å². The first kappa shape index (κ1) is 9.70. The summed E-state index contributed by atoms with van der Waals surface area (Å²) in [6.45, 7) is 1.47. The maximum absolute atomic E-state index is 12.7. The summed E-state index contributed by atoms with van der Waals surface area (Å²) < 4.78 is 34.0. The van der Waals surface area contributed by atoms with Crippen LogP contribution in [0.4, 0.5) is 8.78 Å². The Balaban J connectivity index is 2.51. The van der Waals surface area contributed by atoms with Crippen molar-refractivity contribution < 1.29 is 23.5 Å². The van der Waals surface area contributed by atoms with Crippen LogP contribution in [0.15, 0.2) is 23.4 Å². The molecule has 1 heterocycles. The number of fused-ring (bicyclic) bond motifs is 1. The van der Waals surface area contributed by atoms with Crippen LogP contribution in [0, 0.1) is 0 Å². The number of alkyl halides is 2. The minimum atomic E-state index is -3.66. The lowest BCUT2D eigenvalue weighted by Gasteiger charge is -2.05. The van der Waals surface area contributed by atoms with Crippen LogP contribution in [-0.4, -0.2) is 17.2 Å². The molecule has 0 aromatic heterocycles. The van der Waals surface area contributed by atoms with Crippen LogP contribution in [0.2, 0.25) is 0 Å². The van der Waals surface area contributed by atoms with Gasteiger partial charge in [0.2, 0.25) is 0 Å². The van der Waals surface area contributed by atoms with Gasteiger partial charge in [0, 0.05) is 5.56 Å². The standard InChI is InChI=1S/C9H7F2NO3/c1-5(12-13)6-3-2-4-7-8(6)15-9(10,11)14-7/h2-4,13H,1H3. The van der Waals surface area contributed by atoms with E-state index in [4.69, 9.17) is 5.21 Å². The number of hydrogen-bond donors (Lipinski definition) is 1. The van der Waals surface area contributed by atoms with Gasteiger partial charge < -0.3 is 14.7 Å². The van der Waals surface area contributed by atoms with E-state index in [0.717, 1.165) is 0 Å². The first-order valence-corrected chi connectivity index (χ1v) is 4.11. The van der Waals surface area contributed by atoms with Gasteiger partial charge in [0.1, 0.15) is 0 Å². The van der Waals surface area contributed by atoms with Crippen LogP contribution < -0.4 is 9.47 Å². The van der Waals surface area contributed by atoms with Gasteiger partial charge in [0.05, 0.1) is 5.71 Å². The number of hydrogen-bond acceptors (Lipinski definition) is 4. The van der Waals surface area contributed by atoms with E-state index in [2.05, 4.69) is 14.6 Å². The number of benzene rings is 1. The van der Waals surface area contributed by atoms with Gasteiger partial charge in [0.25, 0.3) is 0 Å². The highest BCUT2D eigenvalue weighted by Crippen LogP contribution is 2.43. The van der Waals surface area contributed by atoms with E-state index in [1.54, 1.807) is 0 Å². The first-order valence-electron chi connectivity index (χ1n) is 4.11. The number of nitrogens with zero attached hydrogens (tertiary/aromatic N) is 1. The van der Waals surface area contributed by atoms with E-state index in [9.17, 15) is 8.78 Å². The Morgan fingerprint density at radius 1 is 1.40 bits per heavy atom. The topological polar surface area (TPSA) is 51.1 Å². The highest BCUT2D eigenvalue weighted by atomic mass is 19.3. The number of ether oxygens (including phenoxy) is 2. The predicted octanol–water partition coefficient (Wildman–Crippen LogP) is 2.21. The Kier molecular flexibility index (Phi) is 1.99. The number of oxime groups is 1. The SMILES string of the molecule is CC(=NO)c1cccc2c1OC(F)(F)O2. The molecule has 4 nitrogen and oxygen atoms in total. The monoisotopic (exact) mass is 215 g/mol. The molecule has 0 bridgehead atoms. The normalized spacial score (nSPS) is 17.9. The minimum absolute atomic E-state index is 0.0690. The van der Waals surface area contributed by atoms with E-state index in [1.165, 1.54) is 25.1 Å². The van der Waals surface area contributed by atoms with E-state index in [-0.39, 0.29) is 22.8 Å². The third-order valence-corrected chi connectivity index (χ3v) is 1.97. The lowest BCUT2D eigenvalue weighted by molar-refractivity contribution is -0.286. The Hall–Kier alpha value is -1.85. The molecule has 0 unspecified atom stereocenters. The summed E-state index contributed by atoms with van der Waals surface area (Å²) >= 11 is 0. The highest BCUT2D eigenvalue weighted by Gasteiger charge is 2.44. The fourth-order valence-electron chi connectivity index (χ4n) is 1.31. The number of rotatable bonds is 1. The molecule has 2 rings (SSSR count). The van der Waals surface area contributed by atoms with Crippen molar-refractivity contribution in [1.82, 2.24) is 0 Å². The molecular formula is C9H7F2NO3. The zero-order valence-electron chi connectivity index (χ0n) is 7.70. The Bertz CT molecular complexity index is 431. The average molecular weight is 215 g/mol. The molecule has 0 spiro atoms. The molecule has 0 radical (unpaired) electrons. The van der Waals surface area contributed by atoms with Gasteiger partial charge >= 0.3 is 6.29 Å². The van der Waals surface area contributed by atoms with Crippen molar-refractivity contribution in [3.05, 3.63) is 23.8 Å². The highest BCUT2D eigenvalue weighted by molar-refractivity contribution is 6.01. The average Bonchev–Trinajstić information content (AvgIpc) is 2.49. The molecule has 0 aliphatic carbocycles. The van der Waals surface area contributed by atoms with Gasteiger partial charge in [-0.3, -0.25) is 0 Å². The molecule has 80 valence electrons. The van der Waals surface area contributed by atoms with Gasteiger partial charge in [-0.2, -0.15) is 0 Å². The third kappa shape index (κ3) is 1.58. The zero-order valence-corrected chi connectivity index (χ0v) is 7.70. The molecule has 0 atom stereocenters. The molecule has 1 aliphatic rings. The van der Waals surface area contributed by atoms with Gasteiger partial charge in [-0.25, -0.2) is 0 Å². The summed E-state index contributed by atoms with van der Waals surface area (Å²) in [5, 5.41) is 11.5. The second-order valence-corrected chi connectivity index (χ2v) is 2.99. The molecule has 0 amide bonds. The first-order chi connectivity index (χ1) is 7.03. The fourth-order valence-corrected chi connectivity index (χ4v) is 1.31. The molecule has 0 saturated heterocycles. The van der Waals surface area contributed by atoms with Crippen molar-refractivity contribution in [1.29, 1.82) is 0 Å². The van der Waals surface area contributed by atoms with Gasteiger partial charge in [-0.15, -0.1) is 8.78 Å². The third-order valence-electron chi connectivity index (χ3n) is 1.97. The van der Waals surface area contributed by atoms with Crippen molar-refractivity contribution in [3.8, 4) is 11.5 Å².